The van der Waals surface area contributed by atoms with Crippen molar-refractivity contribution in [2.75, 3.05) is 19.3 Å². The molecule has 0 aromatic rings. The van der Waals surface area contributed by atoms with Crippen LogP contribution in [0.25, 0.3) is 0 Å². The number of rotatable bonds is 6. The summed E-state index contributed by atoms with van der Waals surface area (Å²) < 4.78 is 24.5. The van der Waals surface area contributed by atoms with Gasteiger partial charge in [-0.1, -0.05) is 13.8 Å². The van der Waals surface area contributed by atoms with Gasteiger partial charge in [-0.3, -0.25) is 4.79 Å². The average Bonchev–Trinajstić information content (AvgIpc) is 2.06. The number of amides is 1. The third-order valence-corrected chi connectivity index (χ3v) is 3.41. The van der Waals surface area contributed by atoms with Crippen molar-refractivity contribution in [2.45, 2.75) is 46.6 Å². The van der Waals surface area contributed by atoms with Crippen molar-refractivity contribution in [1.82, 2.24) is 9.62 Å². The molecule has 0 fully saturated rings. The number of carbonyl (C=O) groups excluding carboxylic acids is 1. The highest BCUT2D eigenvalue weighted by Gasteiger charge is 2.20. The van der Waals surface area contributed by atoms with Crippen LogP contribution in [0.4, 0.5) is 0 Å². The summed E-state index contributed by atoms with van der Waals surface area (Å²) in [7, 11) is -3.25. The lowest BCUT2D eigenvalue weighted by molar-refractivity contribution is -0.122. The highest BCUT2D eigenvalue weighted by Crippen LogP contribution is 2.06. The Bertz CT molecular complexity index is 369. The van der Waals surface area contributed by atoms with Crippen molar-refractivity contribution in [2.24, 2.45) is 5.92 Å². The first-order valence-electron chi connectivity index (χ1n) is 6.18. The molecule has 0 aliphatic rings. The first-order chi connectivity index (χ1) is 7.92. The Kier molecular flexibility index (Phi) is 6.29. The Hall–Kier alpha value is -0.620. The third kappa shape index (κ3) is 8.47. The van der Waals surface area contributed by atoms with Crippen LogP contribution in [-0.2, 0) is 14.8 Å². The number of sulfonamides is 1. The molecule has 0 atom stereocenters. The minimum absolute atomic E-state index is 0.125. The zero-order valence-corrected chi connectivity index (χ0v) is 13.1. The van der Waals surface area contributed by atoms with Crippen LogP contribution >= 0.6 is 0 Å². The molecule has 0 aromatic heterocycles. The van der Waals surface area contributed by atoms with Gasteiger partial charge in [0, 0.05) is 25.0 Å². The molecule has 0 unspecified atom stereocenters. The molecule has 0 saturated heterocycles. The standard InChI is InChI=1S/C12H26N2O3S/c1-10(2)9-14(18(6,16)17)8-7-11(15)13-12(3,4)5/h10H,7-9H2,1-6H3,(H,13,15). The summed E-state index contributed by atoms with van der Waals surface area (Å²) in [6.45, 7) is 10.3. The summed E-state index contributed by atoms with van der Waals surface area (Å²) in [5.74, 6) is 0.116. The topological polar surface area (TPSA) is 66.5 Å². The van der Waals surface area contributed by atoms with Crippen LogP contribution in [0, 0.1) is 5.92 Å². The Morgan fingerprint density at radius 1 is 1.28 bits per heavy atom. The lowest BCUT2D eigenvalue weighted by Crippen LogP contribution is -2.43. The first-order valence-corrected chi connectivity index (χ1v) is 8.03. The number of hydrogen-bond donors (Lipinski definition) is 1. The molecule has 1 amide bonds. The van der Waals surface area contributed by atoms with Crippen LogP contribution in [-0.4, -0.2) is 43.5 Å². The molecule has 108 valence electrons. The normalized spacial score (nSPS) is 13.1. The largest absolute Gasteiger partial charge is 0.351 e. The Morgan fingerprint density at radius 2 is 1.78 bits per heavy atom. The molecular weight excluding hydrogens is 252 g/mol. The van der Waals surface area contributed by atoms with E-state index in [1.54, 1.807) is 0 Å². The van der Waals surface area contributed by atoms with E-state index < -0.39 is 10.0 Å². The van der Waals surface area contributed by atoms with E-state index >= 15 is 0 Å². The van der Waals surface area contributed by atoms with Crippen molar-refractivity contribution in [1.29, 1.82) is 0 Å². The van der Waals surface area contributed by atoms with E-state index in [0.717, 1.165) is 0 Å². The van der Waals surface area contributed by atoms with Crippen LogP contribution in [0.2, 0.25) is 0 Å². The Labute approximate surface area is 111 Å². The third-order valence-electron chi connectivity index (χ3n) is 2.14. The second-order valence-corrected chi connectivity index (χ2v) is 8.05. The van der Waals surface area contributed by atoms with Gasteiger partial charge in [-0.15, -0.1) is 0 Å². The number of nitrogens with zero attached hydrogens (tertiary/aromatic N) is 1. The number of hydrogen-bond acceptors (Lipinski definition) is 3. The van der Waals surface area contributed by atoms with Gasteiger partial charge in [0.25, 0.3) is 0 Å². The molecule has 18 heavy (non-hydrogen) atoms. The maximum absolute atomic E-state index is 11.6. The van der Waals surface area contributed by atoms with Gasteiger partial charge in [0.05, 0.1) is 6.26 Å². The van der Waals surface area contributed by atoms with Crippen LogP contribution in [0.15, 0.2) is 0 Å². The Morgan fingerprint density at radius 3 is 2.11 bits per heavy atom. The minimum Gasteiger partial charge on any atom is -0.351 e. The fourth-order valence-electron chi connectivity index (χ4n) is 1.51. The molecule has 0 bridgehead atoms. The fourth-order valence-corrected chi connectivity index (χ4v) is 2.50. The molecule has 1 N–H and O–H groups in total. The molecule has 0 saturated carbocycles. The van der Waals surface area contributed by atoms with Gasteiger partial charge in [0.15, 0.2) is 0 Å². The first kappa shape index (κ1) is 17.4. The van der Waals surface area contributed by atoms with E-state index in [0.29, 0.717) is 6.54 Å². The molecule has 0 heterocycles. The van der Waals surface area contributed by atoms with E-state index in [-0.39, 0.29) is 30.3 Å². The second kappa shape index (κ2) is 6.52. The fraction of sp³-hybridized carbons (Fsp3) is 0.917. The smallest absolute Gasteiger partial charge is 0.221 e. The van der Waals surface area contributed by atoms with E-state index in [9.17, 15) is 13.2 Å². The van der Waals surface area contributed by atoms with Crippen molar-refractivity contribution in [3.63, 3.8) is 0 Å². The monoisotopic (exact) mass is 278 g/mol. The molecule has 0 aromatic carbocycles. The van der Waals surface area contributed by atoms with Crippen LogP contribution in [0.5, 0.6) is 0 Å². The molecule has 0 aliphatic carbocycles. The van der Waals surface area contributed by atoms with Gasteiger partial charge in [0.2, 0.25) is 15.9 Å². The Balaban J connectivity index is 4.41. The second-order valence-electron chi connectivity index (χ2n) is 6.06. The van der Waals surface area contributed by atoms with E-state index in [4.69, 9.17) is 0 Å². The molecule has 0 spiro atoms. The lowest BCUT2D eigenvalue weighted by atomic mass is 10.1. The quantitative estimate of drug-likeness (QED) is 0.794. The molecule has 0 rings (SSSR count). The highest BCUT2D eigenvalue weighted by atomic mass is 32.2. The van der Waals surface area contributed by atoms with E-state index in [2.05, 4.69) is 5.32 Å². The predicted molar refractivity (Wildman–Crippen MR) is 73.8 cm³/mol. The number of nitrogens with one attached hydrogen (secondary N) is 1. The van der Waals surface area contributed by atoms with Crippen molar-refractivity contribution in [3.8, 4) is 0 Å². The van der Waals surface area contributed by atoms with Crippen LogP contribution in [0.1, 0.15) is 41.0 Å². The summed E-state index contributed by atoms with van der Waals surface area (Å²) in [6, 6.07) is 0. The van der Waals surface area contributed by atoms with Gasteiger partial charge < -0.3 is 5.32 Å². The van der Waals surface area contributed by atoms with Gasteiger partial charge in [-0.25, -0.2) is 12.7 Å². The molecule has 0 radical (unpaired) electrons. The summed E-state index contributed by atoms with van der Waals surface area (Å²) in [5.41, 5.74) is -0.287. The summed E-state index contributed by atoms with van der Waals surface area (Å²) in [4.78, 5) is 11.6. The molecule has 5 nitrogen and oxygen atoms in total. The highest BCUT2D eigenvalue weighted by molar-refractivity contribution is 7.88. The van der Waals surface area contributed by atoms with Gasteiger partial charge in [-0.05, 0) is 26.7 Å². The molecule has 6 heteroatoms. The van der Waals surface area contributed by atoms with E-state index in [1.807, 2.05) is 34.6 Å². The van der Waals surface area contributed by atoms with Crippen molar-refractivity contribution in [3.05, 3.63) is 0 Å². The van der Waals surface area contributed by atoms with Crippen molar-refractivity contribution >= 4 is 15.9 Å². The zero-order valence-electron chi connectivity index (χ0n) is 12.3. The van der Waals surface area contributed by atoms with Crippen LogP contribution in [0.3, 0.4) is 0 Å². The van der Waals surface area contributed by atoms with Crippen molar-refractivity contribution < 1.29 is 13.2 Å². The summed E-state index contributed by atoms with van der Waals surface area (Å²) >= 11 is 0. The van der Waals surface area contributed by atoms with Gasteiger partial charge in [0.1, 0.15) is 0 Å². The summed E-state index contributed by atoms with van der Waals surface area (Å²) in [6.07, 6.45) is 1.37. The molecular formula is C12H26N2O3S. The SMILES string of the molecule is CC(C)CN(CCC(=O)NC(C)(C)C)S(C)(=O)=O. The average molecular weight is 278 g/mol. The van der Waals surface area contributed by atoms with Crippen LogP contribution < -0.4 is 5.32 Å². The number of carbonyl (C=O) groups is 1. The predicted octanol–water partition coefficient (Wildman–Crippen LogP) is 1.21. The molecule has 0 aliphatic heterocycles. The maximum atomic E-state index is 11.6. The minimum atomic E-state index is -3.25. The zero-order chi connectivity index (χ0) is 14.6. The maximum Gasteiger partial charge on any atom is 0.221 e. The lowest BCUT2D eigenvalue weighted by Gasteiger charge is -2.24. The van der Waals surface area contributed by atoms with Gasteiger partial charge in [-0.2, -0.15) is 0 Å². The van der Waals surface area contributed by atoms with Gasteiger partial charge >= 0.3 is 0 Å². The summed E-state index contributed by atoms with van der Waals surface area (Å²) in [5, 5.41) is 2.82. The van der Waals surface area contributed by atoms with E-state index in [1.165, 1.54) is 10.6 Å².